The zero-order valence-corrected chi connectivity index (χ0v) is 19.9. The van der Waals surface area contributed by atoms with Gasteiger partial charge in [-0.2, -0.15) is 5.10 Å². The van der Waals surface area contributed by atoms with E-state index in [0.717, 1.165) is 22.0 Å². The summed E-state index contributed by atoms with van der Waals surface area (Å²) in [5.74, 6) is -1.26. The van der Waals surface area contributed by atoms with Crippen LogP contribution in [0.15, 0.2) is 76.1 Å². The molecule has 0 atom stereocenters. The van der Waals surface area contributed by atoms with Crippen LogP contribution in [0.5, 0.6) is 0 Å². The van der Waals surface area contributed by atoms with Crippen LogP contribution in [0.25, 0.3) is 22.2 Å². The minimum absolute atomic E-state index is 0.0603. The first-order chi connectivity index (χ1) is 16.4. The Hall–Kier alpha value is -3.36. The highest BCUT2D eigenvalue weighted by Crippen LogP contribution is 2.33. The van der Waals surface area contributed by atoms with Crippen molar-refractivity contribution in [3.05, 3.63) is 110 Å². The van der Waals surface area contributed by atoms with E-state index in [9.17, 15) is 13.6 Å². The fourth-order valence-corrected chi connectivity index (χ4v) is 4.72. The summed E-state index contributed by atoms with van der Waals surface area (Å²) in [6.45, 7) is 1.36. The van der Waals surface area contributed by atoms with Crippen molar-refractivity contribution in [2.24, 2.45) is 0 Å². The molecule has 34 heavy (non-hydrogen) atoms. The second-order valence-electron chi connectivity index (χ2n) is 8.39. The lowest BCUT2D eigenvalue weighted by Gasteiger charge is -2.20. The van der Waals surface area contributed by atoms with Gasteiger partial charge in [-0.25, -0.2) is 13.9 Å². The zero-order valence-electron chi connectivity index (χ0n) is 18.4. The molecule has 1 N–H and O–H groups in total. The number of aromatic nitrogens is 3. The first kappa shape index (κ1) is 22.4. The standard InChI is InChI=1S/C26H21BrF2N4O/c1-32(12-16-6-3-2-4-7-16)13-17-10-18-24(11-21(17)27)33(15-20-25(18)30-31-26(20)34)14-19-22(28)8-5-9-23(19)29/h2-11,15H,12-14H2,1H3,(H,31,34). The Balaban J connectivity index is 1.59. The summed E-state index contributed by atoms with van der Waals surface area (Å²) < 4.78 is 31.3. The molecule has 0 fully saturated rings. The van der Waals surface area contributed by atoms with Crippen molar-refractivity contribution in [3.8, 4) is 11.3 Å². The summed E-state index contributed by atoms with van der Waals surface area (Å²) in [6.07, 6.45) is 1.60. The van der Waals surface area contributed by atoms with E-state index in [0.29, 0.717) is 23.3 Å². The number of hydrogen-bond acceptors (Lipinski definition) is 3. The highest BCUT2D eigenvalue weighted by molar-refractivity contribution is 9.10. The van der Waals surface area contributed by atoms with Gasteiger partial charge in [0, 0.05) is 34.7 Å². The fraction of sp³-hybridized carbons (Fsp3) is 0.154. The first-order valence-corrected chi connectivity index (χ1v) is 11.5. The van der Waals surface area contributed by atoms with Gasteiger partial charge in [0.2, 0.25) is 0 Å². The predicted octanol–water partition coefficient (Wildman–Crippen LogP) is 5.55. The van der Waals surface area contributed by atoms with Gasteiger partial charge in [0.05, 0.1) is 17.6 Å². The average Bonchev–Trinajstić information content (AvgIpc) is 3.18. The molecule has 0 saturated carbocycles. The molecule has 0 aromatic heterocycles. The van der Waals surface area contributed by atoms with Crippen molar-refractivity contribution in [2.75, 3.05) is 7.05 Å². The number of nitrogens with zero attached hydrogens (tertiary/aromatic N) is 3. The van der Waals surface area contributed by atoms with Gasteiger partial charge >= 0.3 is 0 Å². The summed E-state index contributed by atoms with van der Waals surface area (Å²) >= 11 is 3.67. The molecule has 3 aromatic rings. The number of H-pyrrole nitrogens is 1. The molecule has 2 aliphatic heterocycles. The number of fused-ring (bicyclic) bond motifs is 3. The van der Waals surface area contributed by atoms with Crippen LogP contribution in [0.3, 0.4) is 0 Å². The Kier molecular flexibility index (Phi) is 6.02. The summed E-state index contributed by atoms with van der Waals surface area (Å²) in [5, 5.41) is 7.46. The Morgan fingerprint density at radius 1 is 1.03 bits per heavy atom. The van der Waals surface area contributed by atoms with Gasteiger partial charge in [0.25, 0.3) is 5.56 Å². The molecule has 2 heterocycles. The molecule has 0 spiro atoms. The van der Waals surface area contributed by atoms with Crippen LogP contribution in [0.4, 0.5) is 8.78 Å². The number of halogens is 3. The molecule has 3 aromatic carbocycles. The lowest BCUT2D eigenvalue weighted by Crippen LogP contribution is -2.17. The molecule has 172 valence electrons. The van der Waals surface area contributed by atoms with Crippen molar-refractivity contribution < 1.29 is 8.78 Å². The molecule has 2 aliphatic rings. The predicted molar refractivity (Wildman–Crippen MR) is 132 cm³/mol. The molecule has 5 rings (SSSR count). The minimum atomic E-state index is -0.631. The van der Waals surface area contributed by atoms with Crippen molar-refractivity contribution in [1.82, 2.24) is 19.7 Å². The van der Waals surface area contributed by atoms with Crippen LogP contribution >= 0.6 is 15.9 Å². The minimum Gasteiger partial charge on any atom is -0.342 e. The van der Waals surface area contributed by atoms with E-state index >= 15 is 0 Å². The normalized spacial score (nSPS) is 11.7. The second-order valence-corrected chi connectivity index (χ2v) is 9.25. The summed E-state index contributed by atoms with van der Waals surface area (Å²) in [5.41, 5.74) is 3.43. The SMILES string of the molecule is CN(Cc1ccccc1)Cc1cc2c3n[nH]c(=O)c-3cn(Cc3c(F)cccc3F)c2cc1Br. The van der Waals surface area contributed by atoms with Crippen LogP contribution in [0.2, 0.25) is 0 Å². The highest BCUT2D eigenvalue weighted by atomic mass is 79.9. The first-order valence-electron chi connectivity index (χ1n) is 10.8. The van der Waals surface area contributed by atoms with Gasteiger partial charge in [0.15, 0.2) is 0 Å². The van der Waals surface area contributed by atoms with Gasteiger partial charge in [-0.15, -0.1) is 0 Å². The molecule has 0 saturated heterocycles. The number of benzene rings is 3. The molecule has 0 unspecified atom stereocenters. The summed E-state index contributed by atoms with van der Waals surface area (Å²) in [4.78, 5) is 14.6. The Morgan fingerprint density at radius 3 is 2.50 bits per heavy atom. The number of rotatable bonds is 6. The van der Waals surface area contributed by atoms with Crippen LogP contribution in [0, 0.1) is 11.6 Å². The molecule has 0 amide bonds. The number of nitrogens with one attached hydrogen (secondary N) is 1. The van der Waals surface area contributed by atoms with Crippen LogP contribution in [0.1, 0.15) is 16.7 Å². The lowest BCUT2D eigenvalue weighted by molar-refractivity contribution is 0.318. The molecule has 0 radical (unpaired) electrons. The monoisotopic (exact) mass is 522 g/mol. The maximum absolute atomic E-state index is 14.4. The third kappa shape index (κ3) is 4.26. The number of pyridine rings is 1. The maximum Gasteiger partial charge on any atom is 0.275 e. The lowest BCUT2D eigenvalue weighted by atomic mass is 10.0. The van der Waals surface area contributed by atoms with E-state index in [1.807, 2.05) is 37.4 Å². The third-order valence-corrected chi connectivity index (χ3v) is 6.65. The third-order valence-electron chi connectivity index (χ3n) is 5.91. The maximum atomic E-state index is 14.4. The Bertz CT molecular complexity index is 1490. The van der Waals surface area contributed by atoms with Crippen molar-refractivity contribution in [2.45, 2.75) is 19.6 Å². The molecule has 5 nitrogen and oxygen atoms in total. The molecule has 0 aliphatic carbocycles. The quantitative estimate of drug-likeness (QED) is 0.318. The topological polar surface area (TPSA) is 53.9 Å². The summed E-state index contributed by atoms with van der Waals surface area (Å²) in [6, 6.07) is 17.9. The highest BCUT2D eigenvalue weighted by Gasteiger charge is 2.20. The van der Waals surface area contributed by atoms with E-state index in [2.05, 4.69) is 43.2 Å². The van der Waals surface area contributed by atoms with Crippen molar-refractivity contribution >= 4 is 26.8 Å². The van der Waals surface area contributed by atoms with E-state index < -0.39 is 11.6 Å². The zero-order chi connectivity index (χ0) is 23.8. The summed E-state index contributed by atoms with van der Waals surface area (Å²) in [7, 11) is 2.04. The van der Waals surface area contributed by atoms with Gasteiger partial charge in [-0.3, -0.25) is 9.69 Å². The largest absolute Gasteiger partial charge is 0.342 e. The van der Waals surface area contributed by atoms with Gasteiger partial charge < -0.3 is 4.57 Å². The smallest absolute Gasteiger partial charge is 0.275 e. The van der Waals surface area contributed by atoms with Gasteiger partial charge in [-0.05, 0) is 42.4 Å². The second kappa shape index (κ2) is 9.12. The fourth-order valence-electron chi connectivity index (χ4n) is 4.27. The van der Waals surface area contributed by atoms with Crippen molar-refractivity contribution in [3.63, 3.8) is 0 Å². The number of aromatic amines is 1. The van der Waals surface area contributed by atoms with Gasteiger partial charge in [-0.1, -0.05) is 52.3 Å². The van der Waals surface area contributed by atoms with Crippen LogP contribution in [-0.2, 0) is 19.6 Å². The van der Waals surface area contributed by atoms with Crippen molar-refractivity contribution in [1.29, 1.82) is 0 Å². The Labute approximate surface area is 203 Å². The van der Waals surface area contributed by atoms with E-state index in [4.69, 9.17) is 0 Å². The molecule has 8 heteroatoms. The van der Waals surface area contributed by atoms with E-state index in [1.54, 1.807) is 10.8 Å². The molecular weight excluding hydrogens is 502 g/mol. The van der Waals surface area contributed by atoms with Crippen LogP contribution in [-0.4, -0.2) is 26.7 Å². The van der Waals surface area contributed by atoms with Gasteiger partial charge in [0.1, 0.15) is 17.3 Å². The Morgan fingerprint density at radius 2 is 1.76 bits per heavy atom. The number of hydrogen-bond donors (Lipinski definition) is 1. The van der Waals surface area contributed by atoms with E-state index in [-0.39, 0.29) is 17.7 Å². The molecule has 0 bridgehead atoms. The average molecular weight is 523 g/mol. The molecular formula is C26H21BrF2N4O. The van der Waals surface area contributed by atoms with E-state index in [1.165, 1.54) is 23.8 Å². The van der Waals surface area contributed by atoms with Crippen LogP contribution < -0.4 is 5.56 Å².